The summed E-state index contributed by atoms with van der Waals surface area (Å²) >= 11 is 0. The fraction of sp³-hybridized carbons (Fsp3) is 0.818. The lowest BCUT2D eigenvalue weighted by molar-refractivity contribution is -0.135. The highest BCUT2D eigenvalue weighted by Crippen LogP contribution is 2.12. The second kappa shape index (κ2) is 4.75. The zero-order valence-electron chi connectivity index (χ0n) is 10.5. The van der Waals surface area contributed by atoms with E-state index < -0.39 is 5.41 Å². The van der Waals surface area contributed by atoms with Crippen LogP contribution in [0, 0.1) is 5.41 Å². The fourth-order valence-corrected chi connectivity index (χ4v) is 0.704. The van der Waals surface area contributed by atoms with Crippen molar-refractivity contribution in [2.45, 2.75) is 47.1 Å². The third kappa shape index (κ3) is 7.08. The largest absolute Gasteiger partial charge is 0.304 e. The van der Waals surface area contributed by atoms with Crippen LogP contribution in [0.1, 0.15) is 41.5 Å². The minimum atomic E-state index is -0.530. The van der Waals surface area contributed by atoms with Crippen molar-refractivity contribution in [1.82, 2.24) is 10.6 Å². The standard InChI is InChI=1S/C11H22N2O2/c1-10(2,3)9(15)13-8(14)7-12-11(4,5)6/h12H,7H2,1-6H3,(H,13,14,15). The quantitative estimate of drug-likeness (QED) is 0.722. The van der Waals surface area contributed by atoms with Gasteiger partial charge in [-0.25, -0.2) is 0 Å². The number of imide groups is 1. The Labute approximate surface area is 91.8 Å². The Morgan fingerprint density at radius 2 is 1.47 bits per heavy atom. The van der Waals surface area contributed by atoms with Crippen LogP contribution >= 0.6 is 0 Å². The zero-order chi connectivity index (χ0) is 12.3. The first-order valence-electron chi connectivity index (χ1n) is 5.12. The summed E-state index contributed by atoms with van der Waals surface area (Å²) in [5.74, 6) is -0.534. The van der Waals surface area contributed by atoms with Gasteiger partial charge in [0.25, 0.3) is 0 Å². The number of hydrogen-bond donors (Lipinski definition) is 2. The van der Waals surface area contributed by atoms with Crippen LogP contribution < -0.4 is 10.6 Å². The summed E-state index contributed by atoms with van der Waals surface area (Å²) in [7, 11) is 0. The van der Waals surface area contributed by atoms with Gasteiger partial charge in [-0.3, -0.25) is 14.9 Å². The first kappa shape index (κ1) is 14.1. The SMILES string of the molecule is CC(C)(C)NCC(=O)NC(=O)C(C)(C)C. The molecule has 0 aliphatic heterocycles. The summed E-state index contributed by atoms with van der Waals surface area (Å²) in [6.07, 6.45) is 0. The van der Waals surface area contributed by atoms with E-state index in [1.54, 1.807) is 20.8 Å². The molecule has 0 spiro atoms. The van der Waals surface area contributed by atoms with E-state index in [4.69, 9.17) is 0 Å². The third-order valence-electron chi connectivity index (χ3n) is 1.71. The molecule has 0 saturated carbocycles. The lowest BCUT2D eigenvalue weighted by Gasteiger charge is -2.21. The number of amides is 2. The van der Waals surface area contributed by atoms with Gasteiger partial charge in [-0.2, -0.15) is 0 Å². The predicted octanol–water partition coefficient (Wildman–Crippen LogP) is 1.06. The van der Waals surface area contributed by atoms with Gasteiger partial charge in [0.2, 0.25) is 11.8 Å². The molecule has 2 amide bonds. The molecule has 88 valence electrons. The average molecular weight is 214 g/mol. The summed E-state index contributed by atoms with van der Waals surface area (Å²) in [5, 5.41) is 5.37. The minimum Gasteiger partial charge on any atom is -0.304 e. The summed E-state index contributed by atoms with van der Waals surface area (Å²) in [4.78, 5) is 22.8. The summed E-state index contributed by atoms with van der Waals surface area (Å²) in [6, 6.07) is 0. The van der Waals surface area contributed by atoms with Crippen molar-refractivity contribution in [3.05, 3.63) is 0 Å². The second-order valence-corrected chi connectivity index (χ2v) is 5.73. The maximum atomic E-state index is 11.4. The number of carbonyl (C=O) groups is 2. The molecule has 0 aromatic rings. The molecular formula is C11H22N2O2. The summed E-state index contributed by atoms with van der Waals surface area (Å²) in [6.45, 7) is 11.4. The molecule has 0 aromatic carbocycles. The number of rotatable bonds is 2. The Bertz CT molecular complexity index is 246. The molecule has 0 saturated heterocycles. The van der Waals surface area contributed by atoms with Crippen LogP contribution in [0.2, 0.25) is 0 Å². The number of nitrogens with one attached hydrogen (secondary N) is 2. The number of hydrogen-bond acceptors (Lipinski definition) is 3. The van der Waals surface area contributed by atoms with Crippen molar-refractivity contribution in [3.8, 4) is 0 Å². The monoisotopic (exact) mass is 214 g/mol. The Morgan fingerprint density at radius 3 is 1.80 bits per heavy atom. The highest BCUT2D eigenvalue weighted by atomic mass is 16.2. The van der Waals surface area contributed by atoms with E-state index in [0.29, 0.717) is 0 Å². The molecule has 0 fully saturated rings. The van der Waals surface area contributed by atoms with Crippen LogP contribution in [-0.2, 0) is 9.59 Å². The Morgan fingerprint density at radius 1 is 1.00 bits per heavy atom. The van der Waals surface area contributed by atoms with E-state index in [9.17, 15) is 9.59 Å². The van der Waals surface area contributed by atoms with Crippen LogP contribution in [-0.4, -0.2) is 23.9 Å². The van der Waals surface area contributed by atoms with Crippen LogP contribution in [0.3, 0.4) is 0 Å². The van der Waals surface area contributed by atoms with Crippen LogP contribution in [0.5, 0.6) is 0 Å². The predicted molar refractivity (Wildman–Crippen MR) is 60.4 cm³/mol. The van der Waals surface area contributed by atoms with E-state index in [2.05, 4.69) is 10.6 Å². The van der Waals surface area contributed by atoms with Crippen molar-refractivity contribution >= 4 is 11.8 Å². The van der Waals surface area contributed by atoms with Crippen LogP contribution in [0.15, 0.2) is 0 Å². The molecule has 0 aromatic heterocycles. The van der Waals surface area contributed by atoms with E-state index in [1.165, 1.54) is 0 Å². The maximum absolute atomic E-state index is 11.4. The van der Waals surface area contributed by atoms with Gasteiger partial charge >= 0.3 is 0 Å². The zero-order valence-corrected chi connectivity index (χ0v) is 10.5. The first-order chi connectivity index (χ1) is 6.52. The highest BCUT2D eigenvalue weighted by molar-refractivity contribution is 5.98. The van der Waals surface area contributed by atoms with Gasteiger partial charge < -0.3 is 5.32 Å². The van der Waals surface area contributed by atoms with Crippen LogP contribution in [0.25, 0.3) is 0 Å². The lowest BCUT2D eigenvalue weighted by atomic mass is 9.96. The Kier molecular flexibility index (Phi) is 4.46. The highest BCUT2D eigenvalue weighted by Gasteiger charge is 2.23. The third-order valence-corrected chi connectivity index (χ3v) is 1.71. The molecule has 4 nitrogen and oxygen atoms in total. The molecule has 0 atom stereocenters. The molecule has 0 radical (unpaired) electrons. The van der Waals surface area contributed by atoms with Crippen molar-refractivity contribution in [2.24, 2.45) is 5.41 Å². The van der Waals surface area contributed by atoms with Gasteiger partial charge in [0.15, 0.2) is 0 Å². The van der Waals surface area contributed by atoms with Crippen molar-refractivity contribution < 1.29 is 9.59 Å². The first-order valence-corrected chi connectivity index (χ1v) is 5.12. The normalized spacial score (nSPS) is 12.4. The average Bonchev–Trinajstić information content (AvgIpc) is 1.97. The lowest BCUT2D eigenvalue weighted by Crippen LogP contribution is -2.47. The molecule has 4 heteroatoms. The van der Waals surface area contributed by atoms with Gasteiger partial charge in [0.1, 0.15) is 0 Å². The smallest absolute Gasteiger partial charge is 0.240 e. The molecule has 0 heterocycles. The van der Waals surface area contributed by atoms with E-state index in [1.807, 2.05) is 20.8 Å². The van der Waals surface area contributed by atoms with Crippen LogP contribution in [0.4, 0.5) is 0 Å². The summed E-state index contributed by atoms with van der Waals surface area (Å²) in [5.41, 5.74) is -0.653. The second-order valence-electron chi connectivity index (χ2n) is 5.73. The van der Waals surface area contributed by atoms with E-state index >= 15 is 0 Å². The molecule has 0 aliphatic carbocycles. The summed E-state index contributed by atoms with van der Waals surface area (Å²) < 4.78 is 0. The van der Waals surface area contributed by atoms with Crippen molar-refractivity contribution in [2.75, 3.05) is 6.54 Å². The molecular weight excluding hydrogens is 192 g/mol. The van der Waals surface area contributed by atoms with E-state index in [0.717, 1.165) is 0 Å². The van der Waals surface area contributed by atoms with Gasteiger partial charge in [-0.05, 0) is 20.8 Å². The molecule has 2 N–H and O–H groups in total. The topological polar surface area (TPSA) is 58.2 Å². The Balaban J connectivity index is 4.02. The number of carbonyl (C=O) groups excluding carboxylic acids is 2. The van der Waals surface area contributed by atoms with Crippen molar-refractivity contribution in [3.63, 3.8) is 0 Å². The van der Waals surface area contributed by atoms with Gasteiger partial charge in [0.05, 0.1) is 6.54 Å². The minimum absolute atomic E-state index is 0.123. The molecule has 0 aliphatic rings. The molecule has 0 bridgehead atoms. The van der Waals surface area contributed by atoms with E-state index in [-0.39, 0.29) is 23.9 Å². The van der Waals surface area contributed by atoms with Gasteiger partial charge in [0, 0.05) is 11.0 Å². The molecule has 0 unspecified atom stereocenters. The molecule has 15 heavy (non-hydrogen) atoms. The fourth-order valence-electron chi connectivity index (χ4n) is 0.704. The maximum Gasteiger partial charge on any atom is 0.240 e. The van der Waals surface area contributed by atoms with Gasteiger partial charge in [-0.15, -0.1) is 0 Å². The van der Waals surface area contributed by atoms with Crippen molar-refractivity contribution in [1.29, 1.82) is 0 Å². The molecule has 0 rings (SSSR count). The van der Waals surface area contributed by atoms with Gasteiger partial charge in [-0.1, -0.05) is 20.8 Å². The Hall–Kier alpha value is -0.900.